The van der Waals surface area contributed by atoms with Gasteiger partial charge in [-0.15, -0.1) is 0 Å². The van der Waals surface area contributed by atoms with Crippen LogP contribution in [-0.2, 0) is 6.54 Å². The van der Waals surface area contributed by atoms with E-state index in [9.17, 15) is 4.79 Å². The first-order valence-electron chi connectivity index (χ1n) is 6.65. The fraction of sp³-hybridized carbons (Fsp3) is 0.462. The zero-order valence-electron chi connectivity index (χ0n) is 12.3. The number of nitrogens with one attached hydrogen (secondary N) is 2. The number of hydrogen-bond acceptors (Lipinski definition) is 5. The molecule has 0 aliphatic carbocycles. The van der Waals surface area contributed by atoms with Gasteiger partial charge in [-0.3, -0.25) is 4.79 Å². The largest absolute Gasteiger partial charge is 0.373 e. The highest BCUT2D eigenvalue weighted by Crippen LogP contribution is 2.20. The Morgan fingerprint density at radius 3 is 2.90 bits per heavy atom. The summed E-state index contributed by atoms with van der Waals surface area (Å²) in [5.41, 5.74) is 0.210. The first kappa shape index (κ1) is 15.5. The third-order valence-corrected chi connectivity index (χ3v) is 3.41. The van der Waals surface area contributed by atoms with Crippen molar-refractivity contribution in [3.63, 3.8) is 0 Å². The first-order chi connectivity index (χ1) is 9.99. The quantitative estimate of drug-likeness (QED) is 0.842. The Bertz CT molecular complexity index is 637. The molecule has 0 radical (unpaired) electrons. The van der Waals surface area contributed by atoms with E-state index in [1.807, 2.05) is 25.9 Å². The van der Waals surface area contributed by atoms with E-state index in [1.165, 1.54) is 4.68 Å². The average molecular weight is 311 g/mol. The molecule has 2 aromatic heterocycles. The van der Waals surface area contributed by atoms with Gasteiger partial charge in [-0.1, -0.05) is 11.6 Å². The summed E-state index contributed by atoms with van der Waals surface area (Å²) in [5, 5.41) is 7.42. The maximum atomic E-state index is 12.2. The maximum absolute atomic E-state index is 12.2. The van der Waals surface area contributed by atoms with Gasteiger partial charge in [0.1, 0.15) is 10.8 Å². The second-order valence-electron chi connectivity index (χ2n) is 5.04. The van der Waals surface area contributed by atoms with Crippen molar-refractivity contribution >= 4 is 17.3 Å². The van der Waals surface area contributed by atoms with E-state index >= 15 is 0 Å². The molecule has 114 valence electrons. The van der Waals surface area contributed by atoms with Crippen LogP contribution in [0.3, 0.4) is 0 Å². The number of halogens is 1. The van der Waals surface area contributed by atoms with Crippen LogP contribution in [0.2, 0.25) is 5.02 Å². The molecule has 0 aliphatic rings. The van der Waals surface area contributed by atoms with E-state index in [0.29, 0.717) is 12.2 Å². The lowest BCUT2D eigenvalue weighted by Crippen LogP contribution is -2.29. The number of hydrogen-bond donors (Lipinski definition) is 2. The Kier molecular flexibility index (Phi) is 4.98. The maximum Gasteiger partial charge on any atom is 0.287 e. The third-order valence-electron chi connectivity index (χ3n) is 3.05. The standard InChI is InChI=1S/C13H19ClN6O/c1-9(12-15-4-5-16-12)18-10-8-17-20(7-6-19(2)3)13(21)11(10)14/h4-5,8-9,18H,6-7H2,1-3H3,(H,15,16). The molecule has 2 N–H and O–H groups in total. The van der Waals surface area contributed by atoms with Crippen LogP contribution in [0.4, 0.5) is 5.69 Å². The fourth-order valence-corrected chi connectivity index (χ4v) is 2.04. The third kappa shape index (κ3) is 3.83. The minimum Gasteiger partial charge on any atom is -0.373 e. The lowest BCUT2D eigenvalue weighted by atomic mass is 10.3. The van der Waals surface area contributed by atoms with Crippen LogP contribution in [0.15, 0.2) is 23.4 Å². The first-order valence-corrected chi connectivity index (χ1v) is 7.03. The van der Waals surface area contributed by atoms with Crippen LogP contribution in [0, 0.1) is 0 Å². The van der Waals surface area contributed by atoms with Gasteiger partial charge < -0.3 is 15.2 Å². The molecule has 0 bridgehead atoms. The van der Waals surface area contributed by atoms with Gasteiger partial charge >= 0.3 is 0 Å². The summed E-state index contributed by atoms with van der Waals surface area (Å²) in [6, 6.07) is -0.101. The van der Waals surface area contributed by atoms with Crippen molar-refractivity contribution in [2.75, 3.05) is 26.0 Å². The molecular weight excluding hydrogens is 292 g/mol. The summed E-state index contributed by atoms with van der Waals surface area (Å²) in [4.78, 5) is 21.3. The average Bonchev–Trinajstić information content (AvgIpc) is 2.97. The molecule has 0 saturated heterocycles. The van der Waals surface area contributed by atoms with E-state index in [1.54, 1.807) is 18.6 Å². The van der Waals surface area contributed by atoms with Gasteiger partial charge in [0, 0.05) is 18.9 Å². The summed E-state index contributed by atoms with van der Waals surface area (Å²) in [6.45, 7) is 3.14. The highest BCUT2D eigenvalue weighted by atomic mass is 35.5. The lowest BCUT2D eigenvalue weighted by molar-refractivity contribution is 0.367. The van der Waals surface area contributed by atoms with E-state index in [0.717, 1.165) is 12.4 Å². The number of aromatic nitrogens is 4. The number of anilines is 1. The number of nitrogens with zero attached hydrogens (tertiary/aromatic N) is 4. The zero-order chi connectivity index (χ0) is 15.4. The van der Waals surface area contributed by atoms with E-state index < -0.39 is 0 Å². The fourth-order valence-electron chi connectivity index (χ4n) is 1.84. The Morgan fingerprint density at radius 2 is 2.29 bits per heavy atom. The number of H-pyrrole nitrogens is 1. The van der Waals surface area contributed by atoms with Crippen LogP contribution < -0.4 is 10.9 Å². The Balaban J connectivity index is 2.15. The summed E-state index contributed by atoms with van der Waals surface area (Å²) in [5.74, 6) is 0.767. The van der Waals surface area contributed by atoms with Gasteiger partial charge in [0.2, 0.25) is 0 Å². The second kappa shape index (κ2) is 6.73. The number of imidazole rings is 1. The Hall–Kier alpha value is -1.86. The van der Waals surface area contributed by atoms with Gasteiger partial charge in [0.15, 0.2) is 0 Å². The summed E-state index contributed by atoms with van der Waals surface area (Å²) in [6.07, 6.45) is 4.98. The molecule has 0 spiro atoms. The number of rotatable bonds is 6. The number of likely N-dealkylation sites (N-methyl/N-ethyl adjacent to an activating group) is 1. The topological polar surface area (TPSA) is 78.8 Å². The summed E-state index contributed by atoms with van der Waals surface area (Å²) < 4.78 is 1.37. The lowest BCUT2D eigenvalue weighted by Gasteiger charge is -2.15. The second-order valence-corrected chi connectivity index (χ2v) is 5.42. The van der Waals surface area contributed by atoms with Crippen molar-refractivity contribution in [3.05, 3.63) is 39.8 Å². The molecule has 2 aromatic rings. The predicted molar refractivity (Wildman–Crippen MR) is 82.7 cm³/mol. The highest BCUT2D eigenvalue weighted by Gasteiger charge is 2.13. The molecule has 1 atom stereocenters. The van der Waals surface area contributed by atoms with Gasteiger partial charge in [-0.05, 0) is 21.0 Å². The zero-order valence-corrected chi connectivity index (χ0v) is 13.1. The predicted octanol–water partition coefficient (Wildman–Crippen LogP) is 1.35. The van der Waals surface area contributed by atoms with Crippen molar-refractivity contribution in [2.24, 2.45) is 0 Å². The molecule has 0 saturated carbocycles. The molecule has 0 amide bonds. The van der Waals surface area contributed by atoms with Crippen LogP contribution in [0.1, 0.15) is 18.8 Å². The smallest absolute Gasteiger partial charge is 0.287 e. The SMILES string of the molecule is CC(Nc1cnn(CCN(C)C)c(=O)c1Cl)c1ncc[nH]1. The molecule has 0 aliphatic heterocycles. The van der Waals surface area contributed by atoms with Gasteiger partial charge in [0.05, 0.1) is 24.5 Å². The normalized spacial score (nSPS) is 12.6. The summed E-state index contributed by atoms with van der Waals surface area (Å²) in [7, 11) is 3.88. The minimum atomic E-state index is -0.296. The molecular formula is C13H19ClN6O. The van der Waals surface area contributed by atoms with Crippen molar-refractivity contribution in [3.8, 4) is 0 Å². The van der Waals surface area contributed by atoms with Crippen LogP contribution >= 0.6 is 11.6 Å². The number of aromatic amines is 1. The van der Waals surface area contributed by atoms with Crippen molar-refractivity contribution in [1.82, 2.24) is 24.6 Å². The Morgan fingerprint density at radius 1 is 1.52 bits per heavy atom. The van der Waals surface area contributed by atoms with Crippen LogP contribution in [-0.4, -0.2) is 45.3 Å². The highest BCUT2D eigenvalue weighted by molar-refractivity contribution is 6.32. The molecule has 0 fully saturated rings. The van der Waals surface area contributed by atoms with Gasteiger partial charge in [-0.2, -0.15) is 5.10 Å². The van der Waals surface area contributed by atoms with Crippen LogP contribution in [0.5, 0.6) is 0 Å². The molecule has 21 heavy (non-hydrogen) atoms. The Labute approximate surface area is 127 Å². The molecule has 1 unspecified atom stereocenters. The minimum absolute atomic E-state index is 0.101. The van der Waals surface area contributed by atoms with Crippen molar-refractivity contribution < 1.29 is 0 Å². The molecule has 0 aromatic carbocycles. The van der Waals surface area contributed by atoms with Gasteiger partial charge in [-0.25, -0.2) is 9.67 Å². The summed E-state index contributed by atoms with van der Waals surface area (Å²) >= 11 is 6.14. The monoisotopic (exact) mass is 310 g/mol. The van der Waals surface area contributed by atoms with Gasteiger partial charge in [0.25, 0.3) is 5.56 Å². The van der Waals surface area contributed by atoms with E-state index in [-0.39, 0.29) is 16.6 Å². The van der Waals surface area contributed by atoms with E-state index in [4.69, 9.17) is 11.6 Å². The van der Waals surface area contributed by atoms with Crippen LogP contribution in [0.25, 0.3) is 0 Å². The van der Waals surface area contributed by atoms with Crippen molar-refractivity contribution in [1.29, 1.82) is 0 Å². The molecule has 8 heteroatoms. The van der Waals surface area contributed by atoms with E-state index in [2.05, 4.69) is 20.4 Å². The molecule has 2 rings (SSSR count). The molecule has 7 nitrogen and oxygen atoms in total. The van der Waals surface area contributed by atoms with Crippen molar-refractivity contribution in [2.45, 2.75) is 19.5 Å². The molecule has 2 heterocycles.